The third kappa shape index (κ3) is 13.1. The first-order chi connectivity index (χ1) is 16.0. The Labute approximate surface area is 203 Å². The Morgan fingerprint density at radius 1 is 0.909 bits per heavy atom. The summed E-state index contributed by atoms with van der Waals surface area (Å²) < 4.78 is 0.151. The van der Waals surface area contributed by atoms with Crippen molar-refractivity contribution in [1.29, 1.82) is 0 Å². The second kappa shape index (κ2) is 18.9. The molecule has 1 aliphatic heterocycles. The standard InChI is InChI=1S/C28H51N3O2/c1-3-4-5-6-7-8-9-10-11-12-13-14-15-16-17-18-19-20-21-22-27-30-23-24-31(27,26(2)29)25-28(32)33/h18-19,23-24,26H,3-17,20-22,25,29H2,1-2H3/p+1/b19-18+. The molecule has 2 unspecified atom stereocenters. The number of nitrogens with zero attached hydrogens (tertiary/aromatic N) is 2. The predicted octanol–water partition coefficient (Wildman–Crippen LogP) is 7.67. The lowest BCUT2D eigenvalue weighted by atomic mass is 10.0. The monoisotopic (exact) mass is 462 g/mol. The molecular formula is C28H52N3O2+. The molecule has 33 heavy (non-hydrogen) atoms. The molecule has 190 valence electrons. The van der Waals surface area contributed by atoms with Crippen molar-refractivity contribution < 1.29 is 14.4 Å². The second-order valence-corrected chi connectivity index (χ2v) is 9.81. The topological polar surface area (TPSA) is 75.7 Å². The van der Waals surface area contributed by atoms with Crippen molar-refractivity contribution in [2.45, 2.75) is 136 Å². The van der Waals surface area contributed by atoms with Crippen molar-refractivity contribution in [2.75, 3.05) is 6.54 Å². The smallest absolute Gasteiger partial charge is 0.360 e. The Hall–Kier alpha value is -1.46. The minimum Gasteiger partial charge on any atom is -0.477 e. The molecule has 0 radical (unpaired) electrons. The number of unbranched alkanes of at least 4 members (excludes halogenated alkanes) is 15. The van der Waals surface area contributed by atoms with Gasteiger partial charge < -0.3 is 5.11 Å². The van der Waals surface area contributed by atoms with Crippen LogP contribution in [-0.4, -0.2) is 34.1 Å². The minimum absolute atomic E-state index is 0.0397. The van der Waals surface area contributed by atoms with Gasteiger partial charge in [0.1, 0.15) is 12.4 Å². The molecule has 0 aromatic carbocycles. The first-order valence-electron chi connectivity index (χ1n) is 13.8. The number of carboxylic acid groups (broad SMARTS) is 1. The molecule has 0 spiro atoms. The van der Waals surface area contributed by atoms with Crippen LogP contribution in [0.1, 0.15) is 129 Å². The number of amidine groups is 1. The van der Waals surface area contributed by atoms with Crippen molar-refractivity contribution in [3.63, 3.8) is 0 Å². The van der Waals surface area contributed by atoms with Crippen LogP contribution < -0.4 is 5.73 Å². The normalized spacial score (nSPS) is 18.8. The summed E-state index contributed by atoms with van der Waals surface area (Å²) >= 11 is 0. The summed E-state index contributed by atoms with van der Waals surface area (Å²) in [4.78, 5) is 15.7. The summed E-state index contributed by atoms with van der Waals surface area (Å²) in [5.74, 6) is 0.0207. The van der Waals surface area contributed by atoms with Gasteiger partial charge in [-0.15, -0.1) is 0 Å². The van der Waals surface area contributed by atoms with Crippen LogP contribution in [0.2, 0.25) is 0 Å². The molecule has 1 aliphatic rings. The Balaban J connectivity index is 1.95. The zero-order valence-electron chi connectivity index (χ0n) is 21.6. The Morgan fingerprint density at radius 3 is 1.88 bits per heavy atom. The minimum atomic E-state index is -0.848. The van der Waals surface area contributed by atoms with Crippen LogP contribution in [-0.2, 0) is 4.79 Å². The lowest BCUT2D eigenvalue weighted by Crippen LogP contribution is -2.59. The second-order valence-electron chi connectivity index (χ2n) is 9.81. The molecule has 0 aromatic rings. The molecule has 0 amide bonds. The molecule has 1 heterocycles. The first kappa shape index (κ1) is 29.6. The number of nitrogens with two attached hydrogens (primary N) is 1. The van der Waals surface area contributed by atoms with E-state index in [0.717, 1.165) is 25.1 Å². The maximum Gasteiger partial charge on any atom is 0.360 e. The van der Waals surface area contributed by atoms with E-state index in [1.54, 1.807) is 6.20 Å². The lowest BCUT2D eigenvalue weighted by Gasteiger charge is -2.34. The number of hydrogen-bond acceptors (Lipinski definition) is 3. The van der Waals surface area contributed by atoms with Gasteiger partial charge in [-0.25, -0.2) is 14.3 Å². The molecular weight excluding hydrogens is 410 g/mol. The van der Waals surface area contributed by atoms with Crippen LogP contribution in [0.25, 0.3) is 0 Å². The highest BCUT2D eigenvalue weighted by molar-refractivity contribution is 5.81. The summed E-state index contributed by atoms with van der Waals surface area (Å²) in [6, 6.07) is 0. The number of carboxylic acids is 1. The van der Waals surface area contributed by atoms with Gasteiger partial charge in [-0.2, -0.15) is 0 Å². The number of aliphatic imine (C=N–C) groups is 1. The van der Waals surface area contributed by atoms with Crippen molar-refractivity contribution in [2.24, 2.45) is 10.7 Å². The molecule has 2 atom stereocenters. The largest absolute Gasteiger partial charge is 0.477 e. The van der Waals surface area contributed by atoms with Crippen LogP contribution in [0, 0.1) is 0 Å². The fourth-order valence-electron chi connectivity index (χ4n) is 4.66. The van der Waals surface area contributed by atoms with Crippen molar-refractivity contribution >= 4 is 11.8 Å². The van der Waals surface area contributed by atoms with E-state index < -0.39 is 5.97 Å². The molecule has 5 nitrogen and oxygen atoms in total. The highest BCUT2D eigenvalue weighted by atomic mass is 16.4. The Kier molecular flexibility index (Phi) is 16.9. The van der Waals surface area contributed by atoms with Crippen LogP contribution >= 0.6 is 0 Å². The summed E-state index contributed by atoms with van der Waals surface area (Å²) in [6.45, 7) is 4.09. The molecule has 0 aromatic heterocycles. The number of allylic oxidation sites excluding steroid dienone is 2. The van der Waals surface area contributed by atoms with Crippen molar-refractivity contribution in [3.05, 3.63) is 24.6 Å². The van der Waals surface area contributed by atoms with Gasteiger partial charge in [-0.1, -0.05) is 103 Å². The summed E-state index contributed by atoms with van der Waals surface area (Å²) in [5.41, 5.74) is 6.11. The van der Waals surface area contributed by atoms with Crippen molar-refractivity contribution in [3.8, 4) is 0 Å². The molecule has 0 saturated carbocycles. The highest BCUT2D eigenvalue weighted by Crippen LogP contribution is 2.23. The van der Waals surface area contributed by atoms with Gasteiger partial charge in [-0.3, -0.25) is 5.73 Å². The summed E-state index contributed by atoms with van der Waals surface area (Å²) in [5, 5.41) is 9.27. The summed E-state index contributed by atoms with van der Waals surface area (Å²) in [6.07, 6.45) is 31.3. The number of hydrogen-bond donors (Lipinski definition) is 2. The zero-order valence-corrected chi connectivity index (χ0v) is 21.6. The SMILES string of the molecule is CCCCCCCCCCCCCCCC/C=C/CCCC1=NC=C[N+]1(CC(=O)O)C(C)N. The first-order valence-corrected chi connectivity index (χ1v) is 13.8. The van der Waals surface area contributed by atoms with Crippen LogP contribution in [0.4, 0.5) is 0 Å². The molecule has 0 bridgehead atoms. The Bertz CT molecular complexity index is 598. The maximum atomic E-state index is 11.3. The molecule has 0 aliphatic carbocycles. The van der Waals surface area contributed by atoms with E-state index in [1.807, 2.05) is 13.1 Å². The number of aliphatic carboxylic acids is 1. The molecule has 0 saturated heterocycles. The molecule has 3 N–H and O–H groups in total. The fraction of sp³-hybridized carbons (Fsp3) is 0.786. The van der Waals surface area contributed by atoms with E-state index in [4.69, 9.17) is 5.73 Å². The van der Waals surface area contributed by atoms with Gasteiger partial charge in [0.25, 0.3) is 0 Å². The van der Waals surface area contributed by atoms with Crippen LogP contribution in [0.5, 0.6) is 0 Å². The van der Waals surface area contributed by atoms with E-state index in [0.29, 0.717) is 0 Å². The zero-order chi connectivity index (χ0) is 24.2. The molecule has 1 rings (SSSR count). The lowest BCUT2D eigenvalue weighted by molar-refractivity contribution is -0.805. The third-order valence-corrected chi connectivity index (χ3v) is 6.82. The maximum absolute atomic E-state index is 11.3. The average molecular weight is 463 g/mol. The number of carbonyl (C=O) groups is 1. The van der Waals surface area contributed by atoms with Gasteiger partial charge in [0.05, 0.1) is 6.20 Å². The van der Waals surface area contributed by atoms with Gasteiger partial charge in [0, 0.05) is 13.3 Å². The number of quaternary nitrogens is 1. The molecule has 5 heteroatoms. The van der Waals surface area contributed by atoms with Crippen LogP contribution in [0.3, 0.4) is 0 Å². The van der Waals surface area contributed by atoms with E-state index in [1.165, 1.54) is 96.3 Å². The van der Waals surface area contributed by atoms with Gasteiger partial charge in [0.2, 0.25) is 5.84 Å². The van der Waals surface area contributed by atoms with E-state index in [9.17, 15) is 9.90 Å². The third-order valence-electron chi connectivity index (χ3n) is 6.82. The average Bonchev–Trinajstić information content (AvgIpc) is 3.18. The van der Waals surface area contributed by atoms with E-state index in [2.05, 4.69) is 24.1 Å². The number of rotatable bonds is 22. The highest BCUT2D eigenvalue weighted by Gasteiger charge is 2.40. The van der Waals surface area contributed by atoms with Gasteiger partial charge in [0.15, 0.2) is 6.54 Å². The quantitative estimate of drug-likeness (QED) is 0.0984. The van der Waals surface area contributed by atoms with Crippen molar-refractivity contribution in [1.82, 2.24) is 0 Å². The van der Waals surface area contributed by atoms with Gasteiger partial charge in [-0.05, 0) is 25.7 Å². The summed E-state index contributed by atoms with van der Waals surface area (Å²) in [7, 11) is 0. The Morgan fingerprint density at radius 2 is 1.39 bits per heavy atom. The fourth-order valence-corrected chi connectivity index (χ4v) is 4.66. The van der Waals surface area contributed by atoms with E-state index >= 15 is 0 Å². The molecule has 0 fully saturated rings. The van der Waals surface area contributed by atoms with Gasteiger partial charge >= 0.3 is 5.97 Å². The van der Waals surface area contributed by atoms with E-state index in [-0.39, 0.29) is 17.2 Å². The predicted molar refractivity (Wildman–Crippen MR) is 141 cm³/mol. The van der Waals surface area contributed by atoms with Crippen LogP contribution in [0.15, 0.2) is 29.5 Å².